The van der Waals surface area contributed by atoms with Crippen LogP contribution in [0.2, 0.25) is 0 Å². The van der Waals surface area contributed by atoms with Crippen molar-refractivity contribution in [2.24, 2.45) is 11.8 Å². The fourth-order valence-corrected chi connectivity index (χ4v) is 19.6. The molecule has 0 aromatic heterocycles. The third-order valence-electron chi connectivity index (χ3n) is 13.6. The molecular weight excluding hydrogens is 1350 g/mol. The molecule has 6 aliphatic rings. The van der Waals surface area contributed by atoms with E-state index in [2.05, 4.69) is 50.6 Å². The molecule has 0 saturated carbocycles. The van der Waals surface area contributed by atoms with Crippen LogP contribution in [-0.2, 0) is 85.7 Å². The van der Waals surface area contributed by atoms with Crippen LogP contribution in [0.3, 0.4) is 0 Å². The molecule has 496 valence electrons. The monoisotopic (exact) mass is 1420 g/mol. The molecule has 2 saturated heterocycles. The van der Waals surface area contributed by atoms with Gasteiger partial charge in [0.15, 0.2) is 26.2 Å². The predicted molar refractivity (Wildman–Crippen MR) is 357 cm³/mol. The van der Waals surface area contributed by atoms with Gasteiger partial charge in [0.1, 0.15) is 51.8 Å². The SMILES string of the molecule is C=C(C)C(=O)OCC12C=CC(O1)C(C#N)(SCC(=O)OCCCCCCOC(=O)CSC1(C#N)SC3(COC(=O)C(=C)C)C=CC1O3)S2.C=C(C)C(=O)OCC1C=CC(C)C(C#N)(SCC(=O)OCCOC(=O)CSC2(C#N)SC(COC(=O)C(=C)C)C=CC2C)S1. The highest BCUT2D eigenvalue weighted by molar-refractivity contribution is 8.21. The van der Waals surface area contributed by atoms with Gasteiger partial charge >= 0.3 is 47.8 Å². The number of hydrogen-bond acceptors (Lipinski definition) is 30. The standard InChI is InChI=1S/C32H36N2O10S4.C30H36N2O8S4/c1-21(2)27(37)41-19-29-11-9-23(43-29)31(17-33,47-29)45-15-25(35)39-13-7-5-6-8-14-40-26(36)16-46-32(18-34)24-10-12-30(44-24,48-32)20-42-28(38)22(3)4;1-19(2)27(35)39-13-23-9-7-21(5)29(17-31,43-23)41-15-25(33)37-11-12-38-26(34)16-42-30(18-32)22(6)8-10-24(44-30)14-40-28(36)20(3)4/h9-12,23-24H,1,3,5-8,13-16,19-20H2,2,4H3;7-10,21-24H,1,3,11-16H2,2,4-6H3. The maximum absolute atomic E-state index is 12.4. The van der Waals surface area contributed by atoms with E-state index in [0.717, 1.165) is 59.9 Å². The molecule has 6 aliphatic heterocycles. The summed E-state index contributed by atoms with van der Waals surface area (Å²) in [5.74, 6) is -4.76. The van der Waals surface area contributed by atoms with Crippen molar-refractivity contribution in [2.45, 2.75) is 116 Å². The van der Waals surface area contributed by atoms with Crippen molar-refractivity contribution in [1.29, 1.82) is 21.0 Å². The summed E-state index contributed by atoms with van der Waals surface area (Å²) in [5, 5.41) is 39.2. The van der Waals surface area contributed by atoms with Crippen molar-refractivity contribution < 1.29 is 85.7 Å². The number of rotatable bonds is 34. The Morgan fingerprint density at radius 3 is 1.05 bits per heavy atom. The van der Waals surface area contributed by atoms with Crippen LogP contribution in [0, 0.1) is 57.2 Å². The Labute approximate surface area is 569 Å². The molecule has 6 heterocycles. The maximum atomic E-state index is 12.4. The number of ether oxygens (including phenoxy) is 10. The van der Waals surface area contributed by atoms with Crippen LogP contribution < -0.4 is 0 Å². The molecule has 0 radical (unpaired) electrons. The summed E-state index contributed by atoms with van der Waals surface area (Å²) in [7, 11) is 0. The summed E-state index contributed by atoms with van der Waals surface area (Å²) < 4.78 is 49.8. The molecule has 12 unspecified atom stereocenters. The van der Waals surface area contributed by atoms with Gasteiger partial charge in [0.2, 0.25) is 0 Å². The largest absolute Gasteiger partial charge is 0.465 e. The number of unbranched alkanes of at least 4 members (excludes halogenated alkanes) is 3. The normalized spacial score (nSPS) is 28.8. The molecule has 0 aromatic carbocycles. The molecule has 92 heavy (non-hydrogen) atoms. The van der Waals surface area contributed by atoms with Gasteiger partial charge in [-0.15, -0.1) is 70.6 Å². The molecule has 4 bridgehead atoms. The van der Waals surface area contributed by atoms with E-state index in [1.54, 1.807) is 52.0 Å². The molecule has 0 N–H and O–H groups in total. The van der Waals surface area contributed by atoms with E-state index in [1.165, 1.54) is 47.0 Å². The Hall–Kier alpha value is -5.64. The lowest BCUT2D eigenvalue weighted by molar-refractivity contribution is -0.148. The van der Waals surface area contributed by atoms with Gasteiger partial charge in [-0.2, -0.15) is 21.0 Å². The quantitative estimate of drug-likeness (QED) is 0.0190. The van der Waals surface area contributed by atoms with E-state index >= 15 is 0 Å². The van der Waals surface area contributed by atoms with Crippen LogP contribution in [0.5, 0.6) is 0 Å². The molecule has 2 fully saturated rings. The number of thioether (sulfide) groups is 8. The molecule has 6 rings (SSSR count). The number of carbonyl (C=O) groups excluding carboxylic acids is 8. The first-order valence-electron chi connectivity index (χ1n) is 28.6. The minimum absolute atomic E-state index is 0.0396. The number of nitriles is 4. The lowest BCUT2D eigenvalue weighted by atomic mass is 10.1. The van der Waals surface area contributed by atoms with Crippen molar-refractivity contribution in [3.63, 3.8) is 0 Å². The number of carbonyl (C=O) groups is 8. The van der Waals surface area contributed by atoms with E-state index in [-0.39, 0.29) is 120 Å². The highest BCUT2D eigenvalue weighted by atomic mass is 32.2. The third-order valence-corrected chi connectivity index (χ3v) is 26.3. The van der Waals surface area contributed by atoms with Crippen LogP contribution in [0.15, 0.2) is 97.2 Å². The van der Waals surface area contributed by atoms with Gasteiger partial charge in [0, 0.05) is 34.1 Å². The zero-order valence-corrected chi connectivity index (χ0v) is 58.2. The van der Waals surface area contributed by atoms with E-state index in [1.807, 2.05) is 38.2 Å². The van der Waals surface area contributed by atoms with E-state index in [9.17, 15) is 59.4 Å². The second kappa shape index (κ2) is 35.7. The Kier molecular flexibility index (Phi) is 29.9. The first kappa shape index (κ1) is 77.1. The highest BCUT2D eigenvalue weighted by Gasteiger charge is 2.62. The van der Waals surface area contributed by atoms with E-state index in [0.29, 0.717) is 12.8 Å². The smallest absolute Gasteiger partial charge is 0.333 e. The fourth-order valence-electron chi connectivity index (χ4n) is 8.51. The van der Waals surface area contributed by atoms with Gasteiger partial charge in [-0.3, -0.25) is 19.2 Å². The molecule has 12 atom stereocenters. The summed E-state index contributed by atoms with van der Waals surface area (Å²) in [6.07, 6.45) is 16.2. The van der Waals surface area contributed by atoms with Crippen LogP contribution in [0.4, 0.5) is 0 Å². The lowest BCUT2D eigenvalue weighted by Gasteiger charge is -2.35. The Morgan fingerprint density at radius 1 is 0.435 bits per heavy atom. The van der Waals surface area contributed by atoms with Crippen molar-refractivity contribution in [2.75, 3.05) is 75.9 Å². The van der Waals surface area contributed by atoms with Crippen LogP contribution in [0.25, 0.3) is 0 Å². The molecule has 0 aliphatic carbocycles. The van der Waals surface area contributed by atoms with Crippen LogP contribution >= 0.6 is 94.1 Å². The van der Waals surface area contributed by atoms with Crippen LogP contribution in [0.1, 0.15) is 67.2 Å². The average molecular weight is 1420 g/mol. The lowest BCUT2D eigenvalue weighted by Crippen LogP contribution is -2.35. The molecular formula is C62H72N4O18S8. The van der Waals surface area contributed by atoms with E-state index < -0.39 is 86.1 Å². The van der Waals surface area contributed by atoms with Crippen molar-refractivity contribution in [3.05, 3.63) is 97.2 Å². The Balaban J connectivity index is 0.000000335. The minimum atomic E-state index is -1.07. The Morgan fingerprint density at radius 2 is 0.739 bits per heavy atom. The third kappa shape index (κ3) is 21.7. The van der Waals surface area contributed by atoms with Crippen molar-refractivity contribution >= 4 is 142 Å². The fraction of sp³-hybridized carbons (Fsp3) is 0.548. The summed E-state index contributed by atoms with van der Waals surface area (Å²) in [5.41, 5.74) is 1.09. The predicted octanol–water partition coefficient (Wildman–Crippen LogP) is 9.41. The topological polar surface area (TPSA) is 324 Å². The first-order valence-corrected chi connectivity index (χ1v) is 35.9. The average Bonchev–Trinajstić information content (AvgIpc) is 1.59. The van der Waals surface area contributed by atoms with Gasteiger partial charge < -0.3 is 47.4 Å². The minimum Gasteiger partial charge on any atom is -0.465 e. The zero-order valence-electron chi connectivity index (χ0n) is 51.6. The van der Waals surface area contributed by atoms with Crippen molar-refractivity contribution in [3.8, 4) is 24.3 Å². The molecule has 22 nitrogen and oxygen atoms in total. The molecule has 0 amide bonds. The summed E-state index contributed by atoms with van der Waals surface area (Å²) in [4.78, 5) is 94.7. The zero-order chi connectivity index (χ0) is 67.9. The molecule has 0 spiro atoms. The Bertz CT molecular complexity index is 2950. The molecule has 30 heteroatoms. The highest BCUT2D eigenvalue weighted by Crippen LogP contribution is 2.61. The van der Waals surface area contributed by atoms with E-state index in [4.69, 9.17) is 47.4 Å². The molecule has 0 aromatic rings. The summed E-state index contributed by atoms with van der Waals surface area (Å²) in [6.45, 7) is 24.3. The van der Waals surface area contributed by atoms with Gasteiger partial charge in [0.25, 0.3) is 0 Å². The number of nitrogens with zero attached hydrogens (tertiary/aromatic N) is 4. The summed E-state index contributed by atoms with van der Waals surface area (Å²) in [6, 6.07) is 9.11. The second-order valence-corrected chi connectivity index (χ2v) is 33.3. The van der Waals surface area contributed by atoms with Gasteiger partial charge in [-0.25, -0.2) is 19.2 Å². The first-order chi connectivity index (χ1) is 43.6. The number of hydrogen-bond donors (Lipinski definition) is 0. The maximum Gasteiger partial charge on any atom is 0.333 e. The van der Waals surface area contributed by atoms with Gasteiger partial charge in [0.05, 0.1) is 71.0 Å². The number of fused-ring (bicyclic) bond motifs is 4. The van der Waals surface area contributed by atoms with Gasteiger partial charge in [-0.1, -0.05) is 100 Å². The summed E-state index contributed by atoms with van der Waals surface area (Å²) >= 11 is 9.59. The van der Waals surface area contributed by atoms with Crippen molar-refractivity contribution in [1.82, 2.24) is 0 Å². The second-order valence-electron chi connectivity index (χ2n) is 21.3. The van der Waals surface area contributed by atoms with Crippen LogP contribution in [-0.4, -0.2) is 173 Å². The number of esters is 8. The van der Waals surface area contributed by atoms with Gasteiger partial charge in [-0.05, 0) is 65.5 Å². The number of allylic oxidation sites excluding steroid dienone is 2.